The summed E-state index contributed by atoms with van der Waals surface area (Å²) in [7, 11) is 2.49. The number of benzene rings is 4. The molecule has 4 bridgehead atoms. The van der Waals surface area contributed by atoms with E-state index in [9.17, 15) is 54.1 Å². The number of ether oxygens (including phenoxy) is 4. The largest absolute Gasteiger partial charge is 0.480 e. The van der Waals surface area contributed by atoms with Crippen molar-refractivity contribution in [2.24, 2.45) is 17.6 Å². The van der Waals surface area contributed by atoms with Gasteiger partial charge in [-0.15, -0.1) is 0 Å². The van der Waals surface area contributed by atoms with Crippen molar-refractivity contribution >= 4 is 47.4 Å². The minimum Gasteiger partial charge on any atom is -0.480 e. The Morgan fingerprint density at radius 2 is 0.986 bits per heavy atom. The first-order valence-electron chi connectivity index (χ1n) is 24.0. The van der Waals surface area contributed by atoms with Crippen molar-refractivity contribution < 1.29 is 62.7 Å². The van der Waals surface area contributed by atoms with Crippen LogP contribution in [0.2, 0.25) is 0 Å². The first-order valence-corrected chi connectivity index (χ1v) is 24.0. The third-order valence-electron chi connectivity index (χ3n) is 13.6. The maximum Gasteiger partial charge on any atom is 0.411 e. The highest BCUT2D eigenvalue weighted by Gasteiger charge is 2.50. The number of carbonyl (C=O) groups excluding carboxylic acids is 5. The molecule has 10 rings (SSSR count). The molecule has 73 heavy (non-hydrogen) atoms. The fraction of sp³-hybridized carbons (Fsp3) is 0.423. The molecule has 4 aromatic rings. The van der Waals surface area contributed by atoms with Crippen LogP contribution in [0.15, 0.2) is 109 Å². The number of carboxylic acid groups (broad SMARTS) is 1. The predicted octanol–water partition coefficient (Wildman–Crippen LogP) is 6.66. The molecule has 0 radical (unpaired) electrons. The Hall–Kier alpha value is -7.94. The normalized spacial score (nSPS) is 21.0. The summed E-state index contributed by atoms with van der Waals surface area (Å²) in [5.41, 5.74) is 8.62. The van der Waals surface area contributed by atoms with Crippen molar-refractivity contribution in [3.05, 3.63) is 152 Å². The van der Waals surface area contributed by atoms with Gasteiger partial charge in [-0.3, -0.25) is 39.6 Å². The van der Waals surface area contributed by atoms with Crippen molar-refractivity contribution in [3.63, 3.8) is 0 Å². The standard InChI is InChI=1S/C26H29N3O7.C16H19NO4.C10H12N2O4/c1-35-25(31)22(15-17-7-11-21(12-8-17)29(33)34)27-24(30)23-19-9-13-20(14-10-19)28(23)26(32)36-16-18-5-3-2-4-6-18;18-15(19)14-12-6-8-13(9-7-12)17(14)16(20)21-10-11-4-2-1-3-5-11;1-16-10(13)9(11)6-7-2-4-8(5-3-7)12(14)15/h2-8,11-12,19-20,22-23H,9-10,13-16H2,1H3,(H,27,30);1-5,12-14H,6-10H2,(H,18,19);2-5,9H,6,11H2,1H3/t19?,20?,22-,23?;;9-/m0.0/s1. The first kappa shape index (κ1) is 54.4. The molecule has 0 spiro atoms. The van der Waals surface area contributed by atoms with Gasteiger partial charge in [-0.1, -0.05) is 84.9 Å². The second-order valence-electron chi connectivity index (χ2n) is 18.2. The Labute approximate surface area is 421 Å². The molecule has 0 aromatic heterocycles. The highest BCUT2D eigenvalue weighted by atomic mass is 16.6. The van der Waals surface area contributed by atoms with E-state index < -0.39 is 70.0 Å². The highest BCUT2D eigenvalue weighted by molar-refractivity contribution is 5.90. The summed E-state index contributed by atoms with van der Waals surface area (Å²) in [4.78, 5) is 97.2. The number of rotatable bonds is 15. The van der Waals surface area contributed by atoms with Crippen LogP contribution in [0.3, 0.4) is 0 Å². The van der Waals surface area contributed by atoms with Gasteiger partial charge in [0.05, 0.1) is 24.1 Å². The number of carbonyl (C=O) groups is 6. The third kappa shape index (κ3) is 14.6. The molecule has 6 fully saturated rings. The number of piperidine rings is 4. The number of nitrogens with two attached hydrogens (primary N) is 1. The SMILES string of the molecule is COC(=O)[C@@H](N)Cc1ccc([N+](=O)[O-])cc1.COC(=O)[C@H](Cc1ccc([N+](=O)[O-])cc1)NC(=O)C1C2CCC(CC2)N1C(=O)OCc1ccccc1.O=C(O)C1C2CCC(CC2)N1C(=O)OCc1ccccc1. The summed E-state index contributed by atoms with van der Waals surface area (Å²) in [5.74, 6) is -2.45. The number of amides is 3. The fourth-order valence-corrected chi connectivity index (χ4v) is 9.90. The molecule has 3 amide bonds. The number of aliphatic carboxylic acids is 1. The van der Waals surface area contributed by atoms with E-state index in [0.29, 0.717) is 12.0 Å². The Balaban J connectivity index is 0.000000198. The molecule has 2 unspecified atom stereocenters. The number of nitro benzene ring substituents is 2. The van der Waals surface area contributed by atoms with Crippen molar-refractivity contribution in [1.29, 1.82) is 0 Å². The maximum absolute atomic E-state index is 13.5. The molecule has 4 heterocycles. The molecular formula is C52H60N6O15. The second-order valence-corrected chi connectivity index (χ2v) is 18.2. The summed E-state index contributed by atoms with van der Waals surface area (Å²) in [6.45, 7) is 0.284. The number of nitrogens with zero attached hydrogens (tertiary/aromatic N) is 4. The number of methoxy groups -OCH3 is 2. The molecule has 6 aliphatic rings. The molecular weight excluding hydrogens is 949 g/mol. The quantitative estimate of drug-likeness (QED) is 0.0485. The second kappa shape index (κ2) is 26.0. The summed E-state index contributed by atoms with van der Waals surface area (Å²) in [6.07, 6.45) is 6.14. The first-order chi connectivity index (χ1) is 35.1. The number of esters is 2. The van der Waals surface area contributed by atoms with Gasteiger partial charge in [0.2, 0.25) is 5.91 Å². The molecule has 4 saturated heterocycles. The number of nitro groups is 2. The van der Waals surface area contributed by atoms with Crippen LogP contribution in [0, 0.1) is 32.1 Å². The molecule has 4 atom stereocenters. The molecule has 21 heteroatoms. The summed E-state index contributed by atoms with van der Waals surface area (Å²) < 4.78 is 20.3. The molecule has 2 saturated carbocycles. The van der Waals surface area contributed by atoms with Gasteiger partial charge in [0, 0.05) is 42.8 Å². The van der Waals surface area contributed by atoms with Gasteiger partial charge in [-0.25, -0.2) is 19.2 Å². The van der Waals surface area contributed by atoms with Gasteiger partial charge in [0.1, 0.15) is 37.4 Å². The van der Waals surface area contributed by atoms with Gasteiger partial charge in [-0.2, -0.15) is 0 Å². The van der Waals surface area contributed by atoms with Crippen LogP contribution in [0.4, 0.5) is 21.0 Å². The van der Waals surface area contributed by atoms with Crippen LogP contribution in [0.1, 0.15) is 73.6 Å². The van der Waals surface area contributed by atoms with Gasteiger partial charge in [-0.05, 0) is 91.9 Å². The Morgan fingerprint density at radius 1 is 0.589 bits per heavy atom. The zero-order chi connectivity index (χ0) is 52.6. The number of nitrogens with one attached hydrogen (secondary N) is 1. The zero-order valence-electron chi connectivity index (χ0n) is 40.5. The van der Waals surface area contributed by atoms with Crippen LogP contribution in [0.25, 0.3) is 0 Å². The lowest BCUT2D eigenvalue weighted by molar-refractivity contribution is -0.385. The number of non-ortho nitro benzene ring substituents is 2. The lowest BCUT2D eigenvalue weighted by atomic mass is 9.74. The highest BCUT2D eigenvalue weighted by Crippen LogP contribution is 2.41. The maximum atomic E-state index is 13.5. The van der Waals surface area contributed by atoms with E-state index in [-0.39, 0.29) is 54.9 Å². The van der Waals surface area contributed by atoms with E-state index in [1.165, 1.54) is 60.4 Å². The van der Waals surface area contributed by atoms with E-state index in [4.69, 9.17) is 19.9 Å². The average molecular weight is 1010 g/mol. The summed E-state index contributed by atoms with van der Waals surface area (Å²) >= 11 is 0. The van der Waals surface area contributed by atoms with Crippen LogP contribution in [0.5, 0.6) is 0 Å². The van der Waals surface area contributed by atoms with E-state index in [2.05, 4.69) is 10.1 Å². The van der Waals surface area contributed by atoms with Crippen LogP contribution >= 0.6 is 0 Å². The topological polar surface area (TPSA) is 290 Å². The number of carboxylic acids is 1. The van der Waals surface area contributed by atoms with E-state index in [1.54, 1.807) is 12.1 Å². The van der Waals surface area contributed by atoms with Crippen molar-refractivity contribution in [3.8, 4) is 0 Å². The van der Waals surface area contributed by atoms with Crippen molar-refractivity contribution in [2.45, 2.75) is 114 Å². The zero-order valence-corrected chi connectivity index (χ0v) is 40.5. The molecule has 21 nitrogen and oxygen atoms in total. The smallest absolute Gasteiger partial charge is 0.411 e. The minimum absolute atomic E-state index is 0.00962. The Morgan fingerprint density at radius 3 is 1.38 bits per heavy atom. The molecule has 2 aliphatic carbocycles. The van der Waals surface area contributed by atoms with Gasteiger partial charge in [0.15, 0.2) is 0 Å². The minimum atomic E-state index is -1.01. The monoisotopic (exact) mass is 1010 g/mol. The lowest BCUT2D eigenvalue weighted by Gasteiger charge is -2.49. The fourth-order valence-electron chi connectivity index (χ4n) is 9.90. The van der Waals surface area contributed by atoms with Crippen LogP contribution in [-0.4, -0.2) is 111 Å². The van der Waals surface area contributed by atoms with Crippen molar-refractivity contribution in [1.82, 2.24) is 15.1 Å². The third-order valence-corrected chi connectivity index (χ3v) is 13.6. The van der Waals surface area contributed by atoms with Crippen LogP contribution < -0.4 is 11.1 Å². The average Bonchev–Trinajstić information content (AvgIpc) is 3.42. The van der Waals surface area contributed by atoms with Crippen molar-refractivity contribution in [2.75, 3.05) is 14.2 Å². The van der Waals surface area contributed by atoms with Gasteiger partial charge < -0.3 is 35.1 Å². The molecule has 4 aromatic carbocycles. The van der Waals surface area contributed by atoms with E-state index in [1.807, 2.05) is 60.7 Å². The molecule has 388 valence electrons. The summed E-state index contributed by atoms with van der Waals surface area (Å²) in [6, 6.07) is 27.1. The number of hydrogen-bond acceptors (Lipinski definition) is 15. The molecule has 4 aliphatic heterocycles. The predicted molar refractivity (Wildman–Crippen MR) is 261 cm³/mol. The van der Waals surface area contributed by atoms with Gasteiger partial charge >= 0.3 is 30.1 Å². The van der Waals surface area contributed by atoms with Crippen LogP contribution in [-0.2, 0) is 64.2 Å². The number of fused-ring (bicyclic) bond motifs is 6. The van der Waals surface area contributed by atoms with E-state index >= 15 is 0 Å². The Kier molecular flexibility index (Phi) is 19.3. The van der Waals surface area contributed by atoms with Gasteiger partial charge in [0.25, 0.3) is 11.4 Å². The number of hydrogen-bond donors (Lipinski definition) is 3. The summed E-state index contributed by atoms with van der Waals surface area (Å²) in [5, 5.41) is 33.5. The molecule has 4 N–H and O–H groups in total. The lowest BCUT2D eigenvalue weighted by Crippen LogP contribution is -2.64. The Bertz CT molecular complexity index is 2540. The van der Waals surface area contributed by atoms with E-state index in [0.717, 1.165) is 68.1 Å².